The Balaban J connectivity index is 2.03. The van der Waals surface area contributed by atoms with Gasteiger partial charge in [0.2, 0.25) is 5.89 Å². The van der Waals surface area contributed by atoms with Crippen molar-refractivity contribution in [1.82, 2.24) is 10.1 Å². The number of thiophene rings is 1. The van der Waals surface area contributed by atoms with Gasteiger partial charge in [-0.3, -0.25) is 0 Å². The lowest BCUT2D eigenvalue weighted by Crippen LogP contribution is -2.03. The highest BCUT2D eigenvalue weighted by Gasteiger charge is 2.06. The van der Waals surface area contributed by atoms with Gasteiger partial charge >= 0.3 is 0 Å². The number of aromatic nitrogens is 2. The first-order valence-corrected chi connectivity index (χ1v) is 5.30. The molecule has 14 heavy (non-hydrogen) atoms. The second-order valence-electron chi connectivity index (χ2n) is 2.90. The van der Waals surface area contributed by atoms with E-state index < -0.39 is 0 Å². The Morgan fingerprint density at radius 3 is 3.14 bits per heavy atom. The molecule has 0 aliphatic rings. The average molecular weight is 209 g/mol. The Labute approximate surface area is 85.7 Å². The molecule has 74 valence electrons. The van der Waals surface area contributed by atoms with Crippen molar-refractivity contribution in [3.63, 3.8) is 0 Å². The number of nitrogens with two attached hydrogens (primary N) is 1. The van der Waals surface area contributed by atoms with E-state index in [4.69, 9.17) is 10.3 Å². The molecular weight excluding hydrogens is 198 g/mol. The fourth-order valence-electron chi connectivity index (χ4n) is 1.15. The summed E-state index contributed by atoms with van der Waals surface area (Å²) >= 11 is 1.69. The Morgan fingerprint density at radius 1 is 1.50 bits per heavy atom. The number of nitrogens with zero attached hydrogens (tertiary/aromatic N) is 2. The van der Waals surface area contributed by atoms with Crippen LogP contribution in [0.1, 0.15) is 16.6 Å². The highest BCUT2D eigenvalue weighted by Crippen LogP contribution is 2.13. The minimum Gasteiger partial charge on any atom is -0.339 e. The van der Waals surface area contributed by atoms with Crippen molar-refractivity contribution in [3.05, 3.63) is 34.1 Å². The second-order valence-corrected chi connectivity index (χ2v) is 3.93. The SMILES string of the molecule is NCCc1noc(Cc2cccs2)n1. The second kappa shape index (κ2) is 4.34. The van der Waals surface area contributed by atoms with Gasteiger partial charge < -0.3 is 10.3 Å². The Morgan fingerprint density at radius 2 is 2.43 bits per heavy atom. The van der Waals surface area contributed by atoms with Gasteiger partial charge in [-0.1, -0.05) is 11.2 Å². The van der Waals surface area contributed by atoms with Crippen molar-refractivity contribution in [2.75, 3.05) is 6.54 Å². The van der Waals surface area contributed by atoms with Crippen LogP contribution in [0, 0.1) is 0 Å². The van der Waals surface area contributed by atoms with Crippen molar-refractivity contribution in [1.29, 1.82) is 0 Å². The zero-order valence-corrected chi connectivity index (χ0v) is 8.46. The monoisotopic (exact) mass is 209 g/mol. The summed E-state index contributed by atoms with van der Waals surface area (Å²) in [6.07, 6.45) is 1.39. The van der Waals surface area contributed by atoms with Crippen molar-refractivity contribution < 1.29 is 4.52 Å². The molecule has 0 amide bonds. The molecule has 0 bridgehead atoms. The van der Waals surface area contributed by atoms with Crippen LogP contribution in [0.25, 0.3) is 0 Å². The van der Waals surface area contributed by atoms with Crippen LogP contribution in [0.2, 0.25) is 0 Å². The Bertz CT molecular complexity index is 382. The highest BCUT2D eigenvalue weighted by molar-refractivity contribution is 7.09. The van der Waals surface area contributed by atoms with Crippen LogP contribution < -0.4 is 5.73 Å². The van der Waals surface area contributed by atoms with Gasteiger partial charge in [-0.2, -0.15) is 4.98 Å². The van der Waals surface area contributed by atoms with Gasteiger partial charge in [-0.25, -0.2) is 0 Å². The van der Waals surface area contributed by atoms with Gasteiger partial charge in [-0.05, 0) is 18.0 Å². The number of hydrogen-bond acceptors (Lipinski definition) is 5. The molecule has 2 heterocycles. The molecule has 2 rings (SSSR count). The maximum Gasteiger partial charge on any atom is 0.231 e. The summed E-state index contributed by atoms with van der Waals surface area (Å²) in [5, 5.41) is 5.86. The first kappa shape index (κ1) is 9.36. The molecule has 0 aliphatic carbocycles. The quantitative estimate of drug-likeness (QED) is 0.822. The Hall–Kier alpha value is -1.20. The van der Waals surface area contributed by atoms with E-state index in [0.29, 0.717) is 24.7 Å². The molecule has 0 saturated heterocycles. The molecule has 0 fully saturated rings. The predicted molar refractivity (Wildman–Crippen MR) is 54.2 cm³/mol. The average Bonchev–Trinajstić information content (AvgIpc) is 2.79. The summed E-state index contributed by atoms with van der Waals surface area (Å²) in [6.45, 7) is 0.554. The smallest absolute Gasteiger partial charge is 0.231 e. The van der Waals surface area contributed by atoms with Crippen LogP contribution in [0.5, 0.6) is 0 Å². The van der Waals surface area contributed by atoms with Crippen molar-refractivity contribution in [2.45, 2.75) is 12.8 Å². The fourth-order valence-corrected chi connectivity index (χ4v) is 1.85. The summed E-state index contributed by atoms with van der Waals surface area (Å²) in [5.41, 5.74) is 5.39. The molecule has 0 aliphatic heterocycles. The minimum absolute atomic E-state index is 0.554. The lowest BCUT2D eigenvalue weighted by molar-refractivity contribution is 0.380. The molecule has 4 nitrogen and oxygen atoms in total. The first-order chi connectivity index (χ1) is 6.88. The third-order valence-electron chi connectivity index (χ3n) is 1.78. The van der Waals surface area contributed by atoms with Crippen LogP contribution in [-0.2, 0) is 12.8 Å². The molecule has 0 radical (unpaired) electrons. The van der Waals surface area contributed by atoms with E-state index >= 15 is 0 Å². The molecule has 0 aromatic carbocycles. The standard InChI is InChI=1S/C9H11N3OS/c10-4-3-8-11-9(13-12-8)6-7-2-1-5-14-7/h1-2,5H,3-4,6,10H2. The van der Waals surface area contributed by atoms with Crippen LogP contribution in [0.3, 0.4) is 0 Å². The molecule has 5 heteroatoms. The van der Waals surface area contributed by atoms with Gasteiger partial charge in [0, 0.05) is 11.3 Å². The maximum absolute atomic E-state index is 5.39. The zero-order chi connectivity index (χ0) is 9.80. The zero-order valence-electron chi connectivity index (χ0n) is 7.64. The Kier molecular flexibility index (Phi) is 2.90. The van der Waals surface area contributed by atoms with Crippen LogP contribution >= 0.6 is 11.3 Å². The molecule has 0 atom stereocenters. The van der Waals surface area contributed by atoms with E-state index in [1.165, 1.54) is 4.88 Å². The summed E-state index contributed by atoms with van der Waals surface area (Å²) in [6, 6.07) is 4.06. The predicted octanol–water partition coefficient (Wildman–Crippen LogP) is 1.22. The van der Waals surface area contributed by atoms with E-state index in [2.05, 4.69) is 16.2 Å². The van der Waals surface area contributed by atoms with E-state index in [9.17, 15) is 0 Å². The van der Waals surface area contributed by atoms with Crippen LogP contribution in [0.4, 0.5) is 0 Å². The summed E-state index contributed by atoms with van der Waals surface area (Å²) in [7, 11) is 0. The van der Waals surface area contributed by atoms with Crippen LogP contribution in [-0.4, -0.2) is 16.7 Å². The molecule has 2 N–H and O–H groups in total. The third kappa shape index (κ3) is 2.18. The van der Waals surface area contributed by atoms with Crippen molar-refractivity contribution in [2.24, 2.45) is 5.73 Å². The van der Waals surface area contributed by atoms with E-state index in [-0.39, 0.29) is 0 Å². The van der Waals surface area contributed by atoms with Gasteiger partial charge in [0.05, 0.1) is 6.42 Å². The van der Waals surface area contributed by atoms with Gasteiger partial charge in [0.15, 0.2) is 5.82 Å². The minimum atomic E-state index is 0.554. The van der Waals surface area contributed by atoms with E-state index in [1.807, 2.05) is 11.4 Å². The normalized spacial score (nSPS) is 10.6. The molecular formula is C9H11N3OS. The largest absolute Gasteiger partial charge is 0.339 e. The van der Waals surface area contributed by atoms with Gasteiger partial charge in [0.1, 0.15) is 0 Å². The third-order valence-corrected chi connectivity index (χ3v) is 2.66. The van der Waals surface area contributed by atoms with Gasteiger partial charge in [0.25, 0.3) is 0 Å². The molecule has 0 unspecified atom stereocenters. The lowest BCUT2D eigenvalue weighted by Gasteiger charge is -1.87. The highest BCUT2D eigenvalue weighted by atomic mass is 32.1. The summed E-state index contributed by atoms with van der Waals surface area (Å²) in [5.74, 6) is 1.36. The summed E-state index contributed by atoms with van der Waals surface area (Å²) < 4.78 is 5.08. The molecule has 0 saturated carbocycles. The van der Waals surface area contributed by atoms with Crippen LogP contribution in [0.15, 0.2) is 22.0 Å². The van der Waals surface area contributed by atoms with E-state index in [1.54, 1.807) is 11.3 Å². The van der Waals surface area contributed by atoms with Crippen molar-refractivity contribution >= 4 is 11.3 Å². The number of hydrogen-bond donors (Lipinski definition) is 1. The topological polar surface area (TPSA) is 64.9 Å². The fraction of sp³-hybridized carbons (Fsp3) is 0.333. The number of rotatable bonds is 4. The molecule has 0 spiro atoms. The van der Waals surface area contributed by atoms with Crippen molar-refractivity contribution in [3.8, 4) is 0 Å². The van der Waals surface area contributed by atoms with E-state index in [0.717, 1.165) is 6.42 Å². The lowest BCUT2D eigenvalue weighted by atomic mass is 10.3. The summed E-state index contributed by atoms with van der Waals surface area (Å²) in [4.78, 5) is 5.45. The molecule has 2 aromatic heterocycles. The maximum atomic E-state index is 5.39. The molecule has 2 aromatic rings. The first-order valence-electron chi connectivity index (χ1n) is 4.42. The van der Waals surface area contributed by atoms with Gasteiger partial charge in [-0.15, -0.1) is 11.3 Å².